The Morgan fingerprint density at radius 3 is 2.76 bits per heavy atom. The minimum atomic E-state index is -0.277. The molecule has 0 aliphatic carbocycles. The monoisotopic (exact) mass is 419 g/mol. The highest BCUT2D eigenvalue weighted by Crippen LogP contribution is 2.30. The van der Waals surface area contributed by atoms with E-state index in [1.807, 2.05) is 11.7 Å². The van der Waals surface area contributed by atoms with Gasteiger partial charge in [0.25, 0.3) is 0 Å². The Morgan fingerprint density at radius 2 is 2.14 bits per heavy atom. The summed E-state index contributed by atoms with van der Waals surface area (Å²) in [6, 6.07) is 4.89. The number of benzene rings is 1. The summed E-state index contributed by atoms with van der Waals surface area (Å²) in [6.45, 7) is 1.22. The van der Waals surface area contributed by atoms with E-state index in [1.165, 1.54) is 6.07 Å². The molecular formula is C14H16Br2FN3O. The van der Waals surface area contributed by atoms with Crippen molar-refractivity contribution in [2.24, 2.45) is 0 Å². The summed E-state index contributed by atoms with van der Waals surface area (Å²) in [7, 11) is 3.52. The average Bonchev–Trinajstić information content (AvgIpc) is 2.83. The molecule has 1 N–H and O–H groups in total. The Labute approximate surface area is 139 Å². The molecule has 1 aromatic heterocycles. The minimum Gasteiger partial charge on any atom is -0.383 e. The van der Waals surface area contributed by atoms with E-state index in [0.717, 1.165) is 15.7 Å². The standard InChI is InChI=1S/C14H16Br2FN3O/c1-18-13(9-3-4-12(17)10(15)7-9)14-11(16)8-19-20(14)5-6-21-2/h3-4,7-8,13,18H,5-6H2,1-2H3. The Bertz CT molecular complexity index is 618. The van der Waals surface area contributed by atoms with E-state index in [9.17, 15) is 4.39 Å². The quantitative estimate of drug-likeness (QED) is 0.777. The second kappa shape index (κ2) is 7.49. The molecule has 0 saturated heterocycles. The molecule has 1 atom stereocenters. The molecule has 0 aliphatic rings. The molecule has 0 fully saturated rings. The lowest BCUT2D eigenvalue weighted by Gasteiger charge is -2.19. The largest absolute Gasteiger partial charge is 0.383 e. The molecule has 2 rings (SSSR count). The van der Waals surface area contributed by atoms with E-state index in [-0.39, 0.29) is 11.9 Å². The van der Waals surface area contributed by atoms with Gasteiger partial charge in [-0.05, 0) is 56.6 Å². The number of aromatic nitrogens is 2. The molecule has 0 bridgehead atoms. The molecule has 21 heavy (non-hydrogen) atoms. The maximum Gasteiger partial charge on any atom is 0.137 e. The molecular weight excluding hydrogens is 405 g/mol. The molecule has 0 spiro atoms. The van der Waals surface area contributed by atoms with Crippen molar-refractivity contribution in [3.05, 3.63) is 50.4 Å². The fourth-order valence-corrected chi connectivity index (χ4v) is 3.09. The highest BCUT2D eigenvalue weighted by atomic mass is 79.9. The lowest BCUT2D eigenvalue weighted by molar-refractivity contribution is 0.182. The number of rotatable bonds is 6. The van der Waals surface area contributed by atoms with E-state index in [2.05, 4.69) is 42.3 Å². The zero-order valence-corrected chi connectivity index (χ0v) is 14.9. The smallest absolute Gasteiger partial charge is 0.137 e. The van der Waals surface area contributed by atoms with Gasteiger partial charge in [0, 0.05) is 7.11 Å². The number of nitrogens with one attached hydrogen (secondary N) is 1. The first kappa shape index (κ1) is 16.6. The van der Waals surface area contributed by atoms with Crippen LogP contribution in [0.4, 0.5) is 4.39 Å². The number of nitrogens with zero attached hydrogens (tertiary/aromatic N) is 2. The van der Waals surface area contributed by atoms with Crippen molar-refractivity contribution in [2.75, 3.05) is 20.8 Å². The molecule has 2 aromatic rings. The summed E-state index contributed by atoms with van der Waals surface area (Å²) in [5.41, 5.74) is 1.93. The second-order valence-corrected chi connectivity index (χ2v) is 6.20. The van der Waals surface area contributed by atoms with Crippen LogP contribution in [-0.2, 0) is 11.3 Å². The van der Waals surface area contributed by atoms with Crippen LogP contribution in [0, 0.1) is 5.82 Å². The fraction of sp³-hybridized carbons (Fsp3) is 0.357. The van der Waals surface area contributed by atoms with Crippen molar-refractivity contribution in [1.29, 1.82) is 0 Å². The third-order valence-electron chi connectivity index (χ3n) is 3.18. The normalized spacial score (nSPS) is 12.6. The molecule has 1 aromatic carbocycles. The van der Waals surface area contributed by atoms with E-state index in [4.69, 9.17) is 4.74 Å². The van der Waals surface area contributed by atoms with Crippen LogP contribution in [0.5, 0.6) is 0 Å². The van der Waals surface area contributed by atoms with Crippen LogP contribution in [0.2, 0.25) is 0 Å². The van der Waals surface area contributed by atoms with Crippen molar-refractivity contribution in [1.82, 2.24) is 15.1 Å². The van der Waals surface area contributed by atoms with Gasteiger partial charge < -0.3 is 10.1 Å². The molecule has 0 radical (unpaired) electrons. The van der Waals surface area contributed by atoms with Gasteiger partial charge in [0.05, 0.1) is 40.0 Å². The van der Waals surface area contributed by atoms with Crippen LogP contribution in [0.1, 0.15) is 17.3 Å². The van der Waals surface area contributed by atoms with Crippen LogP contribution < -0.4 is 5.32 Å². The number of halogens is 3. The lowest BCUT2D eigenvalue weighted by Crippen LogP contribution is -2.23. The zero-order chi connectivity index (χ0) is 15.4. The summed E-state index contributed by atoms with van der Waals surface area (Å²) in [4.78, 5) is 0. The molecule has 0 saturated carbocycles. The Kier molecular flexibility index (Phi) is 5.92. The van der Waals surface area contributed by atoms with Crippen LogP contribution in [0.15, 0.2) is 33.3 Å². The number of hydrogen-bond acceptors (Lipinski definition) is 3. The first-order valence-corrected chi connectivity index (χ1v) is 7.99. The van der Waals surface area contributed by atoms with E-state index >= 15 is 0 Å². The van der Waals surface area contributed by atoms with Crippen molar-refractivity contribution < 1.29 is 9.13 Å². The van der Waals surface area contributed by atoms with Crippen LogP contribution in [-0.4, -0.2) is 30.5 Å². The van der Waals surface area contributed by atoms with Gasteiger partial charge in [0.1, 0.15) is 5.82 Å². The predicted octanol–water partition coefficient (Wildman–Crippen LogP) is 3.50. The zero-order valence-electron chi connectivity index (χ0n) is 11.7. The van der Waals surface area contributed by atoms with E-state index in [1.54, 1.807) is 25.4 Å². The van der Waals surface area contributed by atoms with Crippen LogP contribution >= 0.6 is 31.9 Å². The number of methoxy groups -OCH3 is 1. The Hall–Kier alpha value is -0.760. The lowest BCUT2D eigenvalue weighted by atomic mass is 10.0. The first-order valence-electron chi connectivity index (χ1n) is 6.40. The minimum absolute atomic E-state index is 0.101. The van der Waals surface area contributed by atoms with Gasteiger partial charge in [0.15, 0.2) is 0 Å². The molecule has 0 amide bonds. The molecule has 4 nitrogen and oxygen atoms in total. The molecule has 114 valence electrons. The van der Waals surface area contributed by atoms with Crippen molar-refractivity contribution >= 4 is 31.9 Å². The van der Waals surface area contributed by atoms with Gasteiger partial charge in [-0.15, -0.1) is 0 Å². The maximum atomic E-state index is 13.4. The highest BCUT2D eigenvalue weighted by molar-refractivity contribution is 9.10. The Balaban J connectivity index is 2.40. The van der Waals surface area contributed by atoms with Crippen LogP contribution in [0.3, 0.4) is 0 Å². The molecule has 1 unspecified atom stereocenters. The predicted molar refractivity (Wildman–Crippen MR) is 86.8 cm³/mol. The van der Waals surface area contributed by atoms with E-state index in [0.29, 0.717) is 17.6 Å². The second-order valence-electron chi connectivity index (χ2n) is 4.49. The van der Waals surface area contributed by atoms with Gasteiger partial charge >= 0.3 is 0 Å². The topological polar surface area (TPSA) is 39.1 Å². The van der Waals surface area contributed by atoms with Gasteiger partial charge in [-0.1, -0.05) is 6.07 Å². The summed E-state index contributed by atoms with van der Waals surface area (Å²) in [5, 5.41) is 7.60. The summed E-state index contributed by atoms with van der Waals surface area (Å²) in [6.07, 6.45) is 1.76. The number of hydrogen-bond donors (Lipinski definition) is 1. The fourth-order valence-electron chi connectivity index (χ4n) is 2.17. The third kappa shape index (κ3) is 3.71. The molecule has 0 aliphatic heterocycles. The van der Waals surface area contributed by atoms with Crippen molar-refractivity contribution in [3.8, 4) is 0 Å². The SMILES string of the molecule is CNC(c1ccc(F)c(Br)c1)c1c(Br)cnn1CCOC. The van der Waals surface area contributed by atoms with Crippen molar-refractivity contribution in [3.63, 3.8) is 0 Å². The average molecular weight is 421 g/mol. The number of ether oxygens (including phenoxy) is 1. The van der Waals surface area contributed by atoms with Gasteiger partial charge in [-0.3, -0.25) is 4.68 Å². The summed E-state index contributed by atoms with van der Waals surface area (Å²) in [5.74, 6) is -0.277. The highest BCUT2D eigenvalue weighted by Gasteiger charge is 2.21. The summed E-state index contributed by atoms with van der Waals surface area (Å²) >= 11 is 6.76. The van der Waals surface area contributed by atoms with E-state index < -0.39 is 0 Å². The first-order chi connectivity index (χ1) is 10.1. The van der Waals surface area contributed by atoms with Gasteiger partial charge in [-0.2, -0.15) is 5.10 Å². The third-order valence-corrected chi connectivity index (χ3v) is 4.40. The van der Waals surface area contributed by atoms with Crippen LogP contribution in [0.25, 0.3) is 0 Å². The van der Waals surface area contributed by atoms with Gasteiger partial charge in [0.2, 0.25) is 0 Å². The molecule has 7 heteroatoms. The van der Waals surface area contributed by atoms with Gasteiger partial charge in [-0.25, -0.2) is 4.39 Å². The molecule has 1 heterocycles. The summed E-state index contributed by atoms with van der Waals surface area (Å²) < 4.78 is 21.8. The van der Waals surface area contributed by atoms with Crippen molar-refractivity contribution in [2.45, 2.75) is 12.6 Å². The Morgan fingerprint density at radius 1 is 1.38 bits per heavy atom. The maximum absolute atomic E-state index is 13.4.